The van der Waals surface area contributed by atoms with E-state index < -0.39 is 10.0 Å². The summed E-state index contributed by atoms with van der Waals surface area (Å²) >= 11 is 0. The summed E-state index contributed by atoms with van der Waals surface area (Å²) < 4.78 is 31.4. The highest BCUT2D eigenvalue weighted by molar-refractivity contribution is 7.89. The molecule has 30 heavy (non-hydrogen) atoms. The van der Waals surface area contributed by atoms with Gasteiger partial charge in [0.25, 0.3) is 5.91 Å². The zero-order valence-corrected chi connectivity index (χ0v) is 17.9. The molecule has 0 bridgehead atoms. The van der Waals surface area contributed by atoms with E-state index in [4.69, 9.17) is 4.74 Å². The van der Waals surface area contributed by atoms with Crippen molar-refractivity contribution < 1.29 is 17.9 Å². The summed E-state index contributed by atoms with van der Waals surface area (Å²) in [6.45, 7) is 2.33. The summed E-state index contributed by atoms with van der Waals surface area (Å²) in [7, 11) is -0.617. The van der Waals surface area contributed by atoms with Crippen LogP contribution >= 0.6 is 0 Å². The molecule has 0 aromatic heterocycles. The maximum Gasteiger partial charge on any atom is 0.255 e. The minimum absolute atomic E-state index is 0.131. The number of anilines is 1. The van der Waals surface area contributed by atoms with E-state index in [1.165, 1.54) is 38.4 Å². The van der Waals surface area contributed by atoms with Crippen molar-refractivity contribution in [1.82, 2.24) is 4.31 Å². The first-order valence-electron chi connectivity index (χ1n) is 9.39. The summed E-state index contributed by atoms with van der Waals surface area (Å²) in [6, 6.07) is 21.1. The van der Waals surface area contributed by atoms with Gasteiger partial charge in [0.15, 0.2) is 0 Å². The number of carbonyl (C=O) groups is 1. The molecule has 0 aliphatic carbocycles. The van der Waals surface area contributed by atoms with Crippen LogP contribution in [0.5, 0.6) is 5.75 Å². The van der Waals surface area contributed by atoms with E-state index in [0.29, 0.717) is 23.6 Å². The zero-order chi connectivity index (χ0) is 21.7. The third-order valence-corrected chi connectivity index (χ3v) is 6.35. The van der Waals surface area contributed by atoms with Crippen LogP contribution in [0.3, 0.4) is 0 Å². The molecule has 3 aromatic rings. The summed E-state index contributed by atoms with van der Waals surface area (Å²) in [6.07, 6.45) is 0. The molecule has 1 amide bonds. The summed E-state index contributed by atoms with van der Waals surface area (Å²) in [5.41, 5.74) is 2.93. The topological polar surface area (TPSA) is 75.7 Å². The van der Waals surface area contributed by atoms with Gasteiger partial charge in [-0.3, -0.25) is 4.79 Å². The lowest BCUT2D eigenvalue weighted by Gasteiger charge is -2.14. The van der Waals surface area contributed by atoms with Crippen molar-refractivity contribution in [3.63, 3.8) is 0 Å². The molecule has 1 N–H and O–H groups in total. The average Bonchev–Trinajstić information content (AvgIpc) is 2.74. The largest absolute Gasteiger partial charge is 0.487 e. The Kier molecular flexibility index (Phi) is 6.54. The first-order chi connectivity index (χ1) is 14.3. The van der Waals surface area contributed by atoms with Crippen molar-refractivity contribution in [2.45, 2.75) is 18.4 Å². The molecule has 3 rings (SSSR count). The van der Waals surface area contributed by atoms with Crippen LogP contribution in [0.1, 0.15) is 21.5 Å². The number of rotatable bonds is 7. The molecule has 0 atom stereocenters. The lowest BCUT2D eigenvalue weighted by Crippen LogP contribution is -2.22. The molecule has 0 saturated carbocycles. The first kappa shape index (κ1) is 21.5. The van der Waals surface area contributed by atoms with Crippen LogP contribution in [0.4, 0.5) is 5.69 Å². The van der Waals surface area contributed by atoms with Gasteiger partial charge in [0.1, 0.15) is 12.4 Å². The summed E-state index contributed by atoms with van der Waals surface area (Å²) in [5.74, 6) is 0.219. The smallest absolute Gasteiger partial charge is 0.255 e. The van der Waals surface area contributed by atoms with E-state index in [2.05, 4.69) is 5.32 Å². The number of hydrogen-bond donors (Lipinski definition) is 1. The molecule has 0 aliphatic heterocycles. The van der Waals surface area contributed by atoms with Gasteiger partial charge < -0.3 is 10.1 Å². The number of benzene rings is 3. The van der Waals surface area contributed by atoms with Crippen LogP contribution in [-0.4, -0.2) is 32.7 Å². The Hall–Kier alpha value is -3.16. The standard InChI is InChI=1S/C23H24N2O4S/c1-17-9-14-21(22(15-17)29-16-18-7-5-4-6-8-18)24-23(26)19-10-12-20(13-11-19)30(27,28)25(2)3/h4-15H,16H2,1-3H3,(H,24,26). The first-order valence-corrected chi connectivity index (χ1v) is 10.8. The SMILES string of the molecule is Cc1ccc(NC(=O)c2ccc(S(=O)(=O)N(C)C)cc2)c(OCc2ccccc2)c1. The number of amides is 1. The molecule has 0 unspecified atom stereocenters. The van der Waals surface area contributed by atoms with Crippen molar-refractivity contribution in [3.05, 3.63) is 89.5 Å². The number of aryl methyl sites for hydroxylation is 1. The molecule has 0 fully saturated rings. The van der Waals surface area contributed by atoms with Gasteiger partial charge in [-0.1, -0.05) is 36.4 Å². The molecule has 0 radical (unpaired) electrons. The zero-order valence-electron chi connectivity index (χ0n) is 17.1. The molecule has 156 valence electrons. The number of ether oxygens (including phenoxy) is 1. The van der Waals surface area contributed by atoms with E-state index >= 15 is 0 Å². The maximum atomic E-state index is 12.7. The lowest BCUT2D eigenvalue weighted by atomic mass is 10.1. The molecule has 0 aliphatic rings. The van der Waals surface area contributed by atoms with Crippen LogP contribution in [-0.2, 0) is 16.6 Å². The maximum absolute atomic E-state index is 12.7. The van der Waals surface area contributed by atoms with Gasteiger partial charge in [-0.25, -0.2) is 12.7 Å². The van der Waals surface area contributed by atoms with Gasteiger partial charge in [-0.05, 0) is 54.4 Å². The predicted molar refractivity (Wildman–Crippen MR) is 117 cm³/mol. The molecule has 0 saturated heterocycles. The quantitative estimate of drug-likeness (QED) is 0.620. The Bertz CT molecular complexity index is 1130. The highest BCUT2D eigenvalue weighted by Crippen LogP contribution is 2.27. The van der Waals surface area contributed by atoms with E-state index in [1.54, 1.807) is 6.07 Å². The third-order valence-electron chi connectivity index (χ3n) is 4.52. The number of hydrogen-bond acceptors (Lipinski definition) is 4. The third kappa shape index (κ3) is 5.06. The minimum Gasteiger partial charge on any atom is -0.487 e. The Morgan fingerprint density at radius 2 is 1.63 bits per heavy atom. The summed E-state index contributed by atoms with van der Waals surface area (Å²) in [5, 5.41) is 2.85. The van der Waals surface area contributed by atoms with Crippen molar-refractivity contribution in [2.75, 3.05) is 19.4 Å². The second-order valence-electron chi connectivity index (χ2n) is 7.04. The molecule has 0 spiro atoms. The van der Waals surface area contributed by atoms with Crippen molar-refractivity contribution in [1.29, 1.82) is 0 Å². The van der Waals surface area contributed by atoms with E-state index in [0.717, 1.165) is 15.4 Å². The van der Waals surface area contributed by atoms with Crippen molar-refractivity contribution in [3.8, 4) is 5.75 Å². The molecule has 0 heterocycles. The summed E-state index contributed by atoms with van der Waals surface area (Å²) in [4.78, 5) is 12.8. The van der Waals surface area contributed by atoms with E-state index in [1.807, 2.05) is 49.4 Å². The Labute approximate surface area is 177 Å². The second-order valence-corrected chi connectivity index (χ2v) is 9.19. The monoisotopic (exact) mass is 424 g/mol. The molecular weight excluding hydrogens is 400 g/mol. The predicted octanol–water partition coefficient (Wildman–Crippen LogP) is 4.08. The molecular formula is C23H24N2O4S. The van der Waals surface area contributed by atoms with Gasteiger partial charge in [-0.2, -0.15) is 0 Å². The van der Waals surface area contributed by atoms with Crippen LogP contribution in [0.15, 0.2) is 77.7 Å². The van der Waals surface area contributed by atoms with Gasteiger partial charge >= 0.3 is 0 Å². The van der Waals surface area contributed by atoms with Gasteiger partial charge in [0, 0.05) is 19.7 Å². The Morgan fingerprint density at radius 3 is 2.27 bits per heavy atom. The van der Waals surface area contributed by atoms with Crippen molar-refractivity contribution in [2.24, 2.45) is 0 Å². The van der Waals surface area contributed by atoms with Crippen molar-refractivity contribution >= 4 is 21.6 Å². The fourth-order valence-corrected chi connectivity index (χ4v) is 3.67. The van der Waals surface area contributed by atoms with Crippen LogP contribution in [0.25, 0.3) is 0 Å². The minimum atomic E-state index is -3.54. The van der Waals surface area contributed by atoms with Crippen LogP contribution in [0, 0.1) is 6.92 Å². The second kappa shape index (κ2) is 9.11. The Balaban J connectivity index is 1.76. The number of nitrogens with one attached hydrogen (secondary N) is 1. The lowest BCUT2D eigenvalue weighted by molar-refractivity contribution is 0.102. The normalized spacial score (nSPS) is 11.3. The van der Waals surface area contributed by atoms with E-state index in [-0.39, 0.29) is 10.8 Å². The van der Waals surface area contributed by atoms with Gasteiger partial charge in [-0.15, -0.1) is 0 Å². The number of carbonyl (C=O) groups excluding carboxylic acids is 1. The average molecular weight is 425 g/mol. The van der Waals surface area contributed by atoms with Gasteiger partial charge in [0.05, 0.1) is 10.6 Å². The fraction of sp³-hybridized carbons (Fsp3) is 0.174. The number of nitrogens with zero attached hydrogens (tertiary/aromatic N) is 1. The molecule has 3 aromatic carbocycles. The fourth-order valence-electron chi connectivity index (χ4n) is 2.77. The van der Waals surface area contributed by atoms with Crippen LogP contribution < -0.4 is 10.1 Å². The number of sulfonamides is 1. The highest BCUT2D eigenvalue weighted by Gasteiger charge is 2.18. The van der Waals surface area contributed by atoms with Gasteiger partial charge in [0.2, 0.25) is 10.0 Å². The highest BCUT2D eigenvalue weighted by atomic mass is 32.2. The molecule has 6 nitrogen and oxygen atoms in total. The Morgan fingerprint density at radius 1 is 0.967 bits per heavy atom. The van der Waals surface area contributed by atoms with E-state index in [9.17, 15) is 13.2 Å². The molecule has 7 heteroatoms. The van der Waals surface area contributed by atoms with Crippen LogP contribution in [0.2, 0.25) is 0 Å².